The van der Waals surface area contributed by atoms with Crippen LogP contribution < -0.4 is 14.8 Å². The molecule has 19 heavy (non-hydrogen) atoms. The maximum absolute atomic E-state index is 8.64. The molecule has 0 atom stereocenters. The molecule has 1 N–H and O–H groups in total. The van der Waals surface area contributed by atoms with Crippen molar-refractivity contribution in [1.29, 1.82) is 5.26 Å². The Labute approximate surface area is 115 Å². The van der Waals surface area contributed by atoms with E-state index in [9.17, 15) is 0 Å². The molecule has 0 bridgehead atoms. The van der Waals surface area contributed by atoms with E-state index in [1.165, 1.54) is 0 Å². The smallest absolute Gasteiger partial charge is 0.162 e. The Bertz CT molecular complexity index is 450. The molecule has 0 heterocycles. The summed E-state index contributed by atoms with van der Waals surface area (Å²) in [4.78, 5) is 0. The Kier molecular flexibility index (Phi) is 5.50. The van der Waals surface area contributed by atoms with E-state index in [2.05, 4.69) is 25.2 Å². The molecular weight excluding hydrogens is 240 g/mol. The number of hydrogen-bond acceptors (Lipinski definition) is 4. The summed E-state index contributed by atoms with van der Waals surface area (Å²) < 4.78 is 10.5. The predicted molar refractivity (Wildman–Crippen MR) is 76.7 cm³/mol. The lowest BCUT2D eigenvalue weighted by molar-refractivity contribution is 0.354. The van der Waals surface area contributed by atoms with Gasteiger partial charge in [0.2, 0.25) is 0 Å². The summed E-state index contributed by atoms with van der Waals surface area (Å²) in [6.45, 7) is 5.11. The minimum absolute atomic E-state index is 0.0862. The van der Waals surface area contributed by atoms with Gasteiger partial charge < -0.3 is 14.8 Å². The molecule has 1 aromatic rings. The second-order valence-electron chi connectivity index (χ2n) is 5.25. The summed E-state index contributed by atoms with van der Waals surface area (Å²) in [5.74, 6) is 1.43. The van der Waals surface area contributed by atoms with Crippen LogP contribution in [-0.2, 0) is 0 Å². The summed E-state index contributed by atoms with van der Waals surface area (Å²) in [5, 5.41) is 12.0. The number of methoxy groups -OCH3 is 2. The SMILES string of the molecule is COc1ccc(NCC(C)(C)CCC#N)cc1OC. The average Bonchev–Trinajstić information content (AvgIpc) is 2.42. The standard InChI is InChI=1S/C15H22N2O2/c1-15(2,8-5-9-16)11-17-12-6-7-13(18-3)14(10-12)19-4/h6-7,10,17H,5,8,11H2,1-4H3. The largest absolute Gasteiger partial charge is 0.493 e. The highest BCUT2D eigenvalue weighted by Crippen LogP contribution is 2.30. The van der Waals surface area contributed by atoms with Gasteiger partial charge in [-0.25, -0.2) is 0 Å². The molecule has 1 rings (SSSR count). The zero-order valence-corrected chi connectivity index (χ0v) is 12.1. The second-order valence-corrected chi connectivity index (χ2v) is 5.25. The first-order valence-electron chi connectivity index (χ1n) is 6.35. The third kappa shape index (κ3) is 4.70. The van der Waals surface area contributed by atoms with Crippen LogP contribution in [0.25, 0.3) is 0 Å². The molecule has 0 aromatic heterocycles. The number of rotatable bonds is 7. The van der Waals surface area contributed by atoms with Crippen molar-refractivity contribution in [3.8, 4) is 17.6 Å². The molecule has 0 aliphatic heterocycles. The van der Waals surface area contributed by atoms with Gasteiger partial charge in [0.15, 0.2) is 11.5 Å². The summed E-state index contributed by atoms with van der Waals surface area (Å²) >= 11 is 0. The van der Waals surface area contributed by atoms with Gasteiger partial charge in [-0.3, -0.25) is 0 Å². The van der Waals surface area contributed by atoms with Crippen LogP contribution in [0.1, 0.15) is 26.7 Å². The van der Waals surface area contributed by atoms with E-state index >= 15 is 0 Å². The summed E-state index contributed by atoms with van der Waals surface area (Å²) in [6, 6.07) is 7.95. The third-order valence-electron chi connectivity index (χ3n) is 3.07. The van der Waals surface area contributed by atoms with Gasteiger partial charge in [-0.2, -0.15) is 5.26 Å². The first kappa shape index (κ1) is 15.2. The van der Waals surface area contributed by atoms with Crippen molar-refractivity contribution >= 4 is 5.69 Å². The van der Waals surface area contributed by atoms with Crippen molar-refractivity contribution in [1.82, 2.24) is 0 Å². The molecule has 0 aliphatic rings. The van der Waals surface area contributed by atoms with E-state index in [0.717, 1.165) is 24.4 Å². The monoisotopic (exact) mass is 262 g/mol. The van der Waals surface area contributed by atoms with Crippen molar-refractivity contribution in [2.45, 2.75) is 26.7 Å². The zero-order valence-electron chi connectivity index (χ0n) is 12.1. The Morgan fingerprint density at radius 3 is 2.47 bits per heavy atom. The minimum Gasteiger partial charge on any atom is -0.493 e. The second kappa shape index (κ2) is 6.89. The lowest BCUT2D eigenvalue weighted by atomic mass is 9.88. The fourth-order valence-corrected chi connectivity index (χ4v) is 1.77. The molecule has 0 saturated heterocycles. The van der Waals surface area contributed by atoms with E-state index < -0.39 is 0 Å². The molecular formula is C15H22N2O2. The van der Waals surface area contributed by atoms with Crippen LogP contribution in [0.3, 0.4) is 0 Å². The maximum atomic E-state index is 8.64. The van der Waals surface area contributed by atoms with Crippen LogP contribution in [0.2, 0.25) is 0 Å². The molecule has 4 heteroatoms. The number of nitriles is 1. The van der Waals surface area contributed by atoms with Gasteiger partial charge in [0.25, 0.3) is 0 Å². The maximum Gasteiger partial charge on any atom is 0.162 e. The van der Waals surface area contributed by atoms with Crippen molar-refractivity contribution in [2.24, 2.45) is 5.41 Å². The van der Waals surface area contributed by atoms with Gasteiger partial charge in [0, 0.05) is 24.7 Å². The number of nitrogens with zero attached hydrogens (tertiary/aromatic N) is 1. The fourth-order valence-electron chi connectivity index (χ4n) is 1.77. The third-order valence-corrected chi connectivity index (χ3v) is 3.07. The zero-order chi connectivity index (χ0) is 14.3. The Morgan fingerprint density at radius 1 is 1.21 bits per heavy atom. The van der Waals surface area contributed by atoms with E-state index in [-0.39, 0.29) is 5.41 Å². The molecule has 0 spiro atoms. The molecule has 0 radical (unpaired) electrons. The number of benzene rings is 1. The van der Waals surface area contributed by atoms with E-state index in [1.54, 1.807) is 14.2 Å². The fraction of sp³-hybridized carbons (Fsp3) is 0.533. The Morgan fingerprint density at radius 2 is 1.89 bits per heavy atom. The van der Waals surface area contributed by atoms with Gasteiger partial charge in [-0.1, -0.05) is 13.8 Å². The highest BCUT2D eigenvalue weighted by atomic mass is 16.5. The molecule has 0 unspecified atom stereocenters. The summed E-state index contributed by atoms with van der Waals surface area (Å²) in [6.07, 6.45) is 1.46. The Hall–Kier alpha value is -1.89. The number of anilines is 1. The van der Waals surface area contributed by atoms with Crippen LogP contribution in [0.15, 0.2) is 18.2 Å². The quantitative estimate of drug-likeness (QED) is 0.817. The molecule has 104 valence electrons. The molecule has 4 nitrogen and oxygen atoms in total. The van der Waals surface area contributed by atoms with Crippen LogP contribution in [0, 0.1) is 16.7 Å². The first-order valence-corrected chi connectivity index (χ1v) is 6.35. The Balaban J connectivity index is 2.65. The topological polar surface area (TPSA) is 54.3 Å². The summed E-state index contributed by atoms with van der Waals surface area (Å²) in [5.41, 5.74) is 1.07. The molecule has 0 aliphatic carbocycles. The highest BCUT2D eigenvalue weighted by molar-refractivity contribution is 5.54. The van der Waals surface area contributed by atoms with Gasteiger partial charge in [0.1, 0.15) is 0 Å². The normalized spacial score (nSPS) is 10.7. The van der Waals surface area contributed by atoms with Crippen molar-refractivity contribution in [2.75, 3.05) is 26.1 Å². The first-order chi connectivity index (χ1) is 9.02. The predicted octanol–water partition coefficient (Wildman–Crippen LogP) is 3.45. The van der Waals surface area contributed by atoms with Crippen molar-refractivity contribution < 1.29 is 9.47 Å². The van der Waals surface area contributed by atoms with Crippen molar-refractivity contribution in [3.63, 3.8) is 0 Å². The number of ether oxygens (including phenoxy) is 2. The van der Waals surface area contributed by atoms with E-state index in [0.29, 0.717) is 12.2 Å². The average molecular weight is 262 g/mol. The summed E-state index contributed by atoms with van der Waals surface area (Å²) in [7, 11) is 3.24. The van der Waals surface area contributed by atoms with Gasteiger partial charge in [-0.05, 0) is 24.0 Å². The van der Waals surface area contributed by atoms with Crippen LogP contribution in [-0.4, -0.2) is 20.8 Å². The van der Waals surface area contributed by atoms with Gasteiger partial charge in [-0.15, -0.1) is 0 Å². The van der Waals surface area contributed by atoms with Crippen LogP contribution in [0.5, 0.6) is 11.5 Å². The number of hydrogen-bond donors (Lipinski definition) is 1. The van der Waals surface area contributed by atoms with Crippen LogP contribution in [0.4, 0.5) is 5.69 Å². The van der Waals surface area contributed by atoms with Gasteiger partial charge in [0.05, 0.1) is 20.3 Å². The lowest BCUT2D eigenvalue weighted by Crippen LogP contribution is -2.22. The van der Waals surface area contributed by atoms with Crippen molar-refractivity contribution in [3.05, 3.63) is 18.2 Å². The lowest BCUT2D eigenvalue weighted by Gasteiger charge is -2.24. The molecule has 0 saturated carbocycles. The molecule has 0 amide bonds. The highest BCUT2D eigenvalue weighted by Gasteiger charge is 2.17. The van der Waals surface area contributed by atoms with Crippen LogP contribution >= 0.6 is 0 Å². The number of nitrogens with one attached hydrogen (secondary N) is 1. The van der Waals surface area contributed by atoms with Gasteiger partial charge >= 0.3 is 0 Å². The molecule has 1 aromatic carbocycles. The van der Waals surface area contributed by atoms with E-state index in [1.807, 2.05) is 18.2 Å². The van der Waals surface area contributed by atoms with E-state index in [4.69, 9.17) is 14.7 Å². The molecule has 0 fully saturated rings. The minimum atomic E-state index is 0.0862.